The molecule has 480 valence electrons. The van der Waals surface area contributed by atoms with E-state index in [4.69, 9.17) is 13.8 Å². The Hall–Kier alpha value is -2.29. The van der Waals surface area contributed by atoms with Gasteiger partial charge in [-0.25, -0.2) is 0 Å². The smallest absolute Gasteiger partial charge is 0.306 e. The summed E-state index contributed by atoms with van der Waals surface area (Å²) >= 11 is 0. The Bertz CT molecular complexity index is 1590. The lowest BCUT2D eigenvalue weighted by atomic mass is 10.0. The molecule has 1 amide bonds. The van der Waals surface area contributed by atoms with Gasteiger partial charge >= 0.3 is 5.97 Å². The predicted octanol–water partition coefficient (Wildman–Crippen LogP) is 21.5. The number of amides is 1. The molecular weight excluding hydrogens is 1040 g/mol. The second-order valence-corrected chi connectivity index (χ2v) is 26.4. The van der Waals surface area contributed by atoms with E-state index in [2.05, 4.69) is 74.7 Å². The van der Waals surface area contributed by atoms with Crippen LogP contribution in [0.1, 0.15) is 335 Å². The average molecular weight is 1170 g/mol. The first-order valence-corrected chi connectivity index (χ1v) is 36.6. The lowest BCUT2D eigenvalue weighted by Gasteiger charge is -2.30. The van der Waals surface area contributed by atoms with Crippen LogP contribution in [0, 0.1) is 0 Å². The van der Waals surface area contributed by atoms with Crippen LogP contribution in [0.5, 0.6) is 0 Å². The number of rotatable bonds is 64. The van der Waals surface area contributed by atoms with E-state index in [1.54, 1.807) is 0 Å². The van der Waals surface area contributed by atoms with Crippen LogP contribution in [0.2, 0.25) is 0 Å². The second kappa shape index (κ2) is 61.8. The zero-order valence-electron chi connectivity index (χ0n) is 54.9. The minimum absolute atomic E-state index is 0.0269. The topological polar surface area (TPSA) is 114 Å². The lowest BCUT2D eigenvalue weighted by molar-refractivity contribution is -0.870. The number of hydrogen-bond acceptors (Lipinski definition) is 7. The highest BCUT2D eigenvalue weighted by Crippen LogP contribution is 2.38. The van der Waals surface area contributed by atoms with Crippen molar-refractivity contribution in [2.45, 2.75) is 348 Å². The first-order valence-electron chi connectivity index (χ1n) is 35.1. The summed E-state index contributed by atoms with van der Waals surface area (Å²) in [7, 11) is 1.18. The number of carbonyl (C=O) groups excluding carboxylic acids is 2. The summed E-state index contributed by atoms with van der Waals surface area (Å²) in [6.45, 7) is 6.83. The molecule has 1 N–H and O–H groups in total. The van der Waals surface area contributed by atoms with Crippen molar-refractivity contribution in [3.8, 4) is 0 Å². The third kappa shape index (κ3) is 62.2. The van der Waals surface area contributed by atoms with Gasteiger partial charge in [0.15, 0.2) is 0 Å². The van der Waals surface area contributed by atoms with Crippen molar-refractivity contribution in [3.05, 3.63) is 60.8 Å². The fraction of sp³-hybridized carbons (Fsp3) is 0.833. The zero-order chi connectivity index (χ0) is 60.0. The maximum Gasteiger partial charge on any atom is 0.306 e. The summed E-state index contributed by atoms with van der Waals surface area (Å²) < 4.78 is 30.4. The first-order chi connectivity index (χ1) is 39.9. The number of carbonyl (C=O) groups is 2. The molecule has 82 heavy (non-hydrogen) atoms. The molecule has 0 rings (SSSR count). The molecule has 0 bridgehead atoms. The third-order valence-corrected chi connectivity index (χ3v) is 16.6. The van der Waals surface area contributed by atoms with Crippen LogP contribution in [0.25, 0.3) is 0 Å². The number of unbranched alkanes of at least 4 members (excludes halogenated alkanes) is 40. The Kier molecular flexibility index (Phi) is 60.1. The Morgan fingerprint density at radius 3 is 1.15 bits per heavy atom. The van der Waals surface area contributed by atoms with Crippen LogP contribution < -0.4 is 10.2 Å². The van der Waals surface area contributed by atoms with Crippen molar-refractivity contribution in [2.75, 3.05) is 40.9 Å². The fourth-order valence-electron chi connectivity index (χ4n) is 10.2. The normalized spacial score (nSPS) is 13.9. The van der Waals surface area contributed by atoms with E-state index in [9.17, 15) is 19.0 Å². The molecule has 3 unspecified atom stereocenters. The molecule has 0 fully saturated rings. The van der Waals surface area contributed by atoms with Crippen LogP contribution in [0.15, 0.2) is 60.8 Å². The lowest BCUT2D eigenvalue weighted by Crippen LogP contribution is -2.47. The number of esters is 1. The highest BCUT2D eigenvalue weighted by Gasteiger charge is 2.27. The fourth-order valence-corrected chi connectivity index (χ4v) is 11.0. The van der Waals surface area contributed by atoms with E-state index in [-0.39, 0.29) is 24.9 Å². The van der Waals surface area contributed by atoms with Gasteiger partial charge in [-0.2, -0.15) is 0 Å². The molecular formula is C72H135N2O7P. The van der Waals surface area contributed by atoms with Gasteiger partial charge in [0, 0.05) is 12.8 Å². The van der Waals surface area contributed by atoms with Gasteiger partial charge in [-0.1, -0.05) is 287 Å². The Morgan fingerprint density at radius 1 is 0.427 bits per heavy atom. The summed E-state index contributed by atoms with van der Waals surface area (Å²) in [6.07, 6.45) is 79.2. The molecule has 0 saturated heterocycles. The summed E-state index contributed by atoms with van der Waals surface area (Å²) in [6, 6.07) is -0.900. The maximum absolute atomic E-state index is 13.6. The van der Waals surface area contributed by atoms with Gasteiger partial charge in [-0.05, 0) is 96.0 Å². The summed E-state index contributed by atoms with van der Waals surface area (Å²) in [5.74, 6) is -0.555. The number of phosphoric acid groups is 1. The zero-order valence-corrected chi connectivity index (χ0v) is 55.8. The predicted molar refractivity (Wildman–Crippen MR) is 353 cm³/mol. The van der Waals surface area contributed by atoms with E-state index in [0.717, 1.165) is 77.0 Å². The van der Waals surface area contributed by atoms with Crippen LogP contribution >= 0.6 is 7.82 Å². The van der Waals surface area contributed by atoms with Gasteiger partial charge in [0.2, 0.25) is 5.91 Å². The number of quaternary nitrogens is 1. The van der Waals surface area contributed by atoms with Crippen LogP contribution in [-0.4, -0.2) is 69.4 Å². The molecule has 0 aromatic rings. The molecule has 0 aromatic heterocycles. The molecule has 0 aliphatic rings. The molecule has 3 atom stereocenters. The van der Waals surface area contributed by atoms with Crippen molar-refractivity contribution in [1.82, 2.24) is 5.32 Å². The molecule has 0 aromatic carbocycles. The van der Waals surface area contributed by atoms with Crippen molar-refractivity contribution in [2.24, 2.45) is 0 Å². The van der Waals surface area contributed by atoms with Gasteiger partial charge in [-0.15, -0.1) is 0 Å². The standard InChI is InChI=1S/C72H135N2O7P/c1-7-10-13-16-19-22-25-28-30-32-33-34-35-36-37-38-39-40-41-43-45-47-50-53-56-59-62-65-72(76)81-70(63-60-57-54-51-48-27-24-21-18-15-12-9-3)69(68-80-82(77,78)79-67-66-74(4,5)6)73-71(75)64-61-58-55-52-49-46-44-42-31-29-26-23-20-17-14-11-8-2/h20,23,28-31,44,46,60,63,69-70H,7-19,21-22,24-27,32-43,45,47-59,61-62,64-68H2,1-6H3,(H-,73,75,77,78)/b23-20-,30-28+,31-29-,46-44-,63-60-. The number of nitrogens with zero attached hydrogens (tertiary/aromatic N) is 1. The van der Waals surface area contributed by atoms with E-state index in [1.807, 2.05) is 33.3 Å². The minimum atomic E-state index is -4.71. The number of phosphoric ester groups is 1. The van der Waals surface area contributed by atoms with E-state index >= 15 is 0 Å². The molecule has 9 nitrogen and oxygen atoms in total. The second-order valence-electron chi connectivity index (χ2n) is 25.0. The van der Waals surface area contributed by atoms with Crippen LogP contribution in [-0.2, 0) is 27.9 Å². The highest BCUT2D eigenvalue weighted by molar-refractivity contribution is 7.45. The quantitative estimate of drug-likeness (QED) is 0.0212. The molecule has 0 spiro atoms. The van der Waals surface area contributed by atoms with E-state index in [1.165, 1.54) is 218 Å². The van der Waals surface area contributed by atoms with Crippen molar-refractivity contribution >= 4 is 19.7 Å². The largest absolute Gasteiger partial charge is 0.756 e. The maximum atomic E-state index is 13.6. The average Bonchev–Trinajstić information content (AvgIpc) is 3.44. The van der Waals surface area contributed by atoms with Gasteiger partial charge in [0.25, 0.3) is 7.82 Å². The van der Waals surface area contributed by atoms with Crippen molar-refractivity contribution in [3.63, 3.8) is 0 Å². The number of nitrogens with one attached hydrogen (secondary N) is 1. The summed E-state index contributed by atoms with van der Waals surface area (Å²) in [5, 5.41) is 3.03. The van der Waals surface area contributed by atoms with Crippen LogP contribution in [0.4, 0.5) is 0 Å². The summed E-state index contributed by atoms with van der Waals surface area (Å²) in [5.41, 5.74) is 0. The van der Waals surface area contributed by atoms with Gasteiger partial charge in [-0.3, -0.25) is 14.2 Å². The van der Waals surface area contributed by atoms with Gasteiger partial charge in [0.05, 0.1) is 33.8 Å². The third-order valence-electron chi connectivity index (χ3n) is 15.7. The molecule has 0 heterocycles. The molecule has 0 aliphatic heterocycles. The minimum Gasteiger partial charge on any atom is -0.756 e. The number of hydrogen-bond donors (Lipinski definition) is 1. The Balaban J connectivity index is 5.03. The Morgan fingerprint density at radius 2 is 0.744 bits per heavy atom. The molecule has 0 radical (unpaired) electrons. The Labute approximate surface area is 509 Å². The monoisotopic (exact) mass is 1170 g/mol. The molecule has 0 aliphatic carbocycles. The molecule has 10 heteroatoms. The first kappa shape index (κ1) is 79.7. The SMILES string of the molecule is CCCCC/C=C\C/C=C\C/C=C\CCCCCCC(=O)NC(COP(=O)([O-])OCC[N+](C)(C)C)C(/C=C\CCCCCCCCCCCC)OC(=O)CCCCCCCCCCCCCCCCCCC/C=C/CCCCCCCC. The number of allylic oxidation sites excluding steroid dienone is 9. The van der Waals surface area contributed by atoms with Gasteiger partial charge in [0.1, 0.15) is 19.3 Å². The van der Waals surface area contributed by atoms with Crippen molar-refractivity contribution in [1.29, 1.82) is 0 Å². The number of ether oxygens (including phenoxy) is 1. The summed E-state index contributed by atoms with van der Waals surface area (Å²) in [4.78, 5) is 40.1. The van der Waals surface area contributed by atoms with Crippen LogP contribution in [0.3, 0.4) is 0 Å². The highest BCUT2D eigenvalue weighted by atomic mass is 31.2. The molecule has 0 saturated carbocycles. The van der Waals surface area contributed by atoms with Gasteiger partial charge < -0.3 is 28.5 Å². The van der Waals surface area contributed by atoms with E-state index < -0.39 is 26.6 Å². The van der Waals surface area contributed by atoms with E-state index in [0.29, 0.717) is 23.9 Å². The van der Waals surface area contributed by atoms with Crippen molar-refractivity contribution < 1.29 is 37.3 Å². The number of likely N-dealkylation sites (N-methyl/N-ethyl adjacent to an activating group) is 1.